The highest BCUT2D eigenvalue weighted by atomic mass is 16.5. The first-order chi connectivity index (χ1) is 12.4. The molecule has 2 aromatic carbocycles. The van der Waals surface area contributed by atoms with Crippen LogP contribution in [-0.2, 0) is 0 Å². The molecule has 136 valence electrons. The van der Waals surface area contributed by atoms with Crippen LogP contribution >= 0.6 is 0 Å². The maximum Gasteiger partial charge on any atom is 0.216 e. The van der Waals surface area contributed by atoms with Crippen molar-refractivity contribution in [2.75, 3.05) is 38.0 Å². The van der Waals surface area contributed by atoms with Crippen LogP contribution in [0, 0.1) is 10.4 Å². The van der Waals surface area contributed by atoms with Gasteiger partial charge in [-0.15, -0.1) is 0 Å². The Morgan fingerprint density at radius 3 is 1.19 bits per heavy atom. The summed E-state index contributed by atoms with van der Waals surface area (Å²) in [6, 6.07) is 14.5. The second-order valence-corrected chi connectivity index (χ2v) is 6.16. The van der Waals surface area contributed by atoms with Crippen LogP contribution in [0.5, 0.6) is 0 Å². The van der Waals surface area contributed by atoms with Crippen LogP contribution in [0.25, 0.3) is 0 Å². The van der Waals surface area contributed by atoms with Gasteiger partial charge in [0.05, 0.1) is 0 Å². The molecule has 2 rings (SSSR count). The lowest BCUT2D eigenvalue weighted by molar-refractivity contribution is -0.355. The minimum Gasteiger partial charge on any atom is -0.618 e. The Morgan fingerprint density at radius 2 is 0.923 bits per heavy atom. The SMILES string of the molecule is CN(C)c1ccc(/[N+]([O-])=C/C=C/C=[N+](\[O-])c2ccc(N(C)C)cc2)cc1. The minimum atomic E-state index is 0.526. The molecule has 0 unspecified atom stereocenters. The average Bonchev–Trinajstić information content (AvgIpc) is 2.65. The standard InChI is InChI=1S/C20H24N4O2/c1-21(2)17-7-11-19(12-8-17)23(25)15-5-6-16-24(26)20-13-9-18(10-14-20)22(3)4/h5-16H,1-4H3/b6-5+,23-15-,24-16-. The molecule has 6 heteroatoms. The van der Waals surface area contributed by atoms with Crippen LogP contribution in [0.3, 0.4) is 0 Å². The molecule has 0 radical (unpaired) electrons. The Morgan fingerprint density at radius 1 is 0.615 bits per heavy atom. The van der Waals surface area contributed by atoms with Gasteiger partial charge in [-0.1, -0.05) is 0 Å². The van der Waals surface area contributed by atoms with Gasteiger partial charge in [0.1, 0.15) is 0 Å². The van der Waals surface area contributed by atoms with E-state index in [4.69, 9.17) is 0 Å². The van der Waals surface area contributed by atoms with Crippen molar-refractivity contribution in [1.29, 1.82) is 0 Å². The summed E-state index contributed by atoms with van der Waals surface area (Å²) in [6.07, 6.45) is 5.80. The first-order valence-electron chi connectivity index (χ1n) is 8.21. The molecule has 0 aliphatic rings. The molecule has 0 bridgehead atoms. The van der Waals surface area contributed by atoms with E-state index in [0.717, 1.165) is 20.9 Å². The van der Waals surface area contributed by atoms with Gasteiger partial charge in [0.2, 0.25) is 11.4 Å². The Balaban J connectivity index is 2.03. The normalized spacial score (nSPS) is 12.5. The summed E-state index contributed by atoms with van der Waals surface area (Å²) in [5.41, 5.74) is 3.10. The maximum atomic E-state index is 12.0. The molecule has 0 N–H and O–H groups in total. The van der Waals surface area contributed by atoms with Crippen molar-refractivity contribution in [3.63, 3.8) is 0 Å². The quantitative estimate of drug-likeness (QED) is 0.345. The number of rotatable bonds is 6. The maximum absolute atomic E-state index is 12.0. The van der Waals surface area contributed by atoms with Gasteiger partial charge in [-0.2, -0.15) is 9.48 Å². The van der Waals surface area contributed by atoms with Crippen molar-refractivity contribution in [1.82, 2.24) is 0 Å². The van der Waals surface area contributed by atoms with Crippen molar-refractivity contribution in [2.45, 2.75) is 0 Å². The predicted molar refractivity (Wildman–Crippen MR) is 109 cm³/mol. The molecule has 0 amide bonds. The zero-order valence-electron chi connectivity index (χ0n) is 15.5. The molecule has 0 heterocycles. The molecule has 6 nitrogen and oxygen atoms in total. The fourth-order valence-electron chi connectivity index (χ4n) is 2.22. The predicted octanol–water partition coefficient (Wildman–Crippen LogP) is 3.50. The minimum absolute atomic E-state index is 0.526. The number of allylic oxidation sites excluding steroid dienone is 2. The third-order valence-corrected chi connectivity index (χ3v) is 3.80. The number of anilines is 2. The highest BCUT2D eigenvalue weighted by Crippen LogP contribution is 2.18. The summed E-state index contributed by atoms with van der Waals surface area (Å²) in [5.74, 6) is 0. The van der Waals surface area contributed by atoms with Crippen molar-refractivity contribution in [2.24, 2.45) is 0 Å². The van der Waals surface area contributed by atoms with Crippen LogP contribution in [0.2, 0.25) is 0 Å². The van der Waals surface area contributed by atoms with Crippen LogP contribution in [0.1, 0.15) is 0 Å². The molecule has 26 heavy (non-hydrogen) atoms. The Hall–Kier alpha value is -3.28. The zero-order chi connectivity index (χ0) is 19.1. The van der Waals surface area contributed by atoms with E-state index in [1.54, 1.807) is 24.3 Å². The van der Waals surface area contributed by atoms with Crippen molar-refractivity contribution in [3.05, 3.63) is 71.1 Å². The Labute approximate surface area is 154 Å². The third kappa shape index (κ3) is 5.11. The lowest BCUT2D eigenvalue weighted by Crippen LogP contribution is -2.08. The summed E-state index contributed by atoms with van der Waals surface area (Å²) >= 11 is 0. The number of hydrogen-bond donors (Lipinski definition) is 0. The zero-order valence-corrected chi connectivity index (χ0v) is 15.5. The second kappa shape index (κ2) is 8.71. The van der Waals surface area contributed by atoms with Gasteiger partial charge in [-0.05, 0) is 24.3 Å². The third-order valence-electron chi connectivity index (χ3n) is 3.80. The van der Waals surface area contributed by atoms with Gasteiger partial charge >= 0.3 is 0 Å². The molecule has 0 saturated carbocycles. The van der Waals surface area contributed by atoms with Gasteiger partial charge in [0.15, 0.2) is 12.4 Å². The van der Waals surface area contributed by atoms with Gasteiger partial charge in [-0.25, -0.2) is 0 Å². The topological polar surface area (TPSA) is 58.6 Å². The Kier molecular flexibility index (Phi) is 6.38. The molecular formula is C20H24N4O2. The molecule has 0 saturated heterocycles. The number of benzene rings is 2. The van der Waals surface area contributed by atoms with Gasteiger partial charge in [0, 0.05) is 76.0 Å². The van der Waals surface area contributed by atoms with E-state index in [1.807, 2.05) is 62.3 Å². The molecule has 0 aliphatic heterocycles. The summed E-state index contributed by atoms with van der Waals surface area (Å²) in [6.45, 7) is 0. The van der Waals surface area contributed by atoms with Crippen molar-refractivity contribution in [3.8, 4) is 0 Å². The lowest BCUT2D eigenvalue weighted by Gasteiger charge is -2.12. The fraction of sp³-hybridized carbons (Fsp3) is 0.200. The van der Waals surface area contributed by atoms with Crippen molar-refractivity contribution < 1.29 is 9.48 Å². The summed E-state index contributed by atoms with van der Waals surface area (Å²) in [7, 11) is 7.77. The Bertz CT molecular complexity index is 735. The van der Waals surface area contributed by atoms with E-state index in [0.29, 0.717) is 11.4 Å². The van der Waals surface area contributed by atoms with E-state index < -0.39 is 0 Å². The van der Waals surface area contributed by atoms with Crippen LogP contribution in [-0.4, -0.2) is 50.1 Å². The summed E-state index contributed by atoms with van der Waals surface area (Å²) in [5, 5.41) is 24.1. The average molecular weight is 352 g/mol. The monoisotopic (exact) mass is 352 g/mol. The highest BCUT2D eigenvalue weighted by molar-refractivity contribution is 5.78. The molecule has 0 spiro atoms. The van der Waals surface area contributed by atoms with Crippen LogP contribution in [0.15, 0.2) is 60.7 Å². The molecule has 2 aromatic rings. The van der Waals surface area contributed by atoms with Crippen LogP contribution < -0.4 is 9.80 Å². The van der Waals surface area contributed by atoms with E-state index >= 15 is 0 Å². The first-order valence-corrected chi connectivity index (χ1v) is 8.21. The second-order valence-electron chi connectivity index (χ2n) is 6.16. The fourth-order valence-corrected chi connectivity index (χ4v) is 2.22. The van der Waals surface area contributed by atoms with Gasteiger partial charge in [0.25, 0.3) is 0 Å². The largest absolute Gasteiger partial charge is 0.618 e. The number of hydrogen-bond acceptors (Lipinski definition) is 4. The summed E-state index contributed by atoms with van der Waals surface area (Å²) in [4.78, 5) is 3.93. The molecular weight excluding hydrogens is 328 g/mol. The molecule has 0 fully saturated rings. The lowest BCUT2D eigenvalue weighted by atomic mass is 10.2. The van der Waals surface area contributed by atoms with E-state index in [2.05, 4.69) is 0 Å². The van der Waals surface area contributed by atoms with E-state index in [9.17, 15) is 10.4 Å². The highest BCUT2D eigenvalue weighted by Gasteiger charge is 2.02. The van der Waals surface area contributed by atoms with E-state index in [1.165, 1.54) is 24.6 Å². The molecule has 0 atom stereocenters. The summed E-state index contributed by atoms with van der Waals surface area (Å²) < 4.78 is 1.51. The molecule has 0 aliphatic carbocycles. The van der Waals surface area contributed by atoms with Crippen molar-refractivity contribution >= 4 is 35.2 Å². The smallest absolute Gasteiger partial charge is 0.216 e. The number of nitrogens with zero attached hydrogens (tertiary/aromatic N) is 4. The van der Waals surface area contributed by atoms with Gasteiger partial charge in [-0.3, -0.25) is 0 Å². The van der Waals surface area contributed by atoms with E-state index in [-0.39, 0.29) is 0 Å². The van der Waals surface area contributed by atoms with Crippen LogP contribution in [0.4, 0.5) is 22.7 Å². The van der Waals surface area contributed by atoms with Gasteiger partial charge < -0.3 is 20.2 Å². The first kappa shape index (κ1) is 19.1. The molecule has 0 aromatic heterocycles.